The minimum atomic E-state index is -0.688. The number of hydrogen-bond acceptors (Lipinski definition) is 4. The second-order valence-electron chi connectivity index (χ2n) is 5.81. The number of nitrogens with one attached hydrogen (secondary N) is 1. The molecule has 1 N–H and O–H groups in total. The second kappa shape index (κ2) is 7.49. The summed E-state index contributed by atoms with van der Waals surface area (Å²) in [5.74, 6) is -0.765. The molecule has 0 saturated heterocycles. The van der Waals surface area contributed by atoms with Gasteiger partial charge in [-0.25, -0.2) is 4.79 Å². The Hall–Kier alpha value is -2.34. The Kier molecular flexibility index (Phi) is 5.62. The summed E-state index contributed by atoms with van der Waals surface area (Å²) in [6.07, 6.45) is 0. The van der Waals surface area contributed by atoms with Crippen molar-refractivity contribution in [1.29, 1.82) is 0 Å². The zero-order valence-electron chi connectivity index (χ0n) is 14.8. The molecule has 6 nitrogen and oxygen atoms in total. The van der Waals surface area contributed by atoms with Gasteiger partial charge in [-0.05, 0) is 44.5 Å². The SMILES string of the molecule is COCCn1c(C)c(C)c2cc(C(=O)N[C@@H](C)C(=O)OC)ccc21. The highest BCUT2D eigenvalue weighted by Gasteiger charge is 2.18. The van der Waals surface area contributed by atoms with E-state index in [4.69, 9.17) is 4.74 Å². The van der Waals surface area contributed by atoms with Crippen molar-refractivity contribution < 1.29 is 19.1 Å². The molecule has 6 heteroatoms. The molecule has 1 heterocycles. The van der Waals surface area contributed by atoms with Crippen molar-refractivity contribution in [1.82, 2.24) is 9.88 Å². The van der Waals surface area contributed by atoms with Crippen molar-refractivity contribution in [2.45, 2.75) is 33.4 Å². The highest BCUT2D eigenvalue weighted by atomic mass is 16.5. The first-order chi connectivity index (χ1) is 11.4. The van der Waals surface area contributed by atoms with Gasteiger partial charge in [0, 0.05) is 35.8 Å². The van der Waals surface area contributed by atoms with E-state index in [0.717, 1.165) is 28.7 Å². The third-order valence-electron chi connectivity index (χ3n) is 4.32. The molecule has 24 heavy (non-hydrogen) atoms. The van der Waals surface area contributed by atoms with Crippen LogP contribution in [0.25, 0.3) is 10.9 Å². The van der Waals surface area contributed by atoms with E-state index in [9.17, 15) is 9.59 Å². The molecule has 0 fully saturated rings. The molecule has 2 rings (SSSR count). The number of carbonyl (C=O) groups excluding carboxylic acids is 2. The Morgan fingerprint density at radius 1 is 1.25 bits per heavy atom. The molecule has 0 aliphatic rings. The third-order valence-corrected chi connectivity index (χ3v) is 4.32. The van der Waals surface area contributed by atoms with Crippen molar-refractivity contribution in [3.05, 3.63) is 35.0 Å². The zero-order chi connectivity index (χ0) is 17.9. The number of ether oxygens (including phenoxy) is 2. The fourth-order valence-corrected chi connectivity index (χ4v) is 2.78. The van der Waals surface area contributed by atoms with Gasteiger partial charge in [0.1, 0.15) is 6.04 Å². The largest absolute Gasteiger partial charge is 0.467 e. The van der Waals surface area contributed by atoms with Gasteiger partial charge < -0.3 is 19.4 Å². The summed E-state index contributed by atoms with van der Waals surface area (Å²) in [5.41, 5.74) is 3.88. The molecule has 1 amide bonds. The first-order valence-corrected chi connectivity index (χ1v) is 7.87. The lowest BCUT2D eigenvalue weighted by Crippen LogP contribution is -2.39. The molecule has 130 valence electrons. The van der Waals surface area contributed by atoms with Gasteiger partial charge in [0.05, 0.1) is 13.7 Å². The quantitative estimate of drug-likeness (QED) is 0.823. The average molecular weight is 332 g/mol. The Balaban J connectivity index is 2.33. The molecule has 1 aromatic heterocycles. The first-order valence-electron chi connectivity index (χ1n) is 7.87. The van der Waals surface area contributed by atoms with E-state index >= 15 is 0 Å². The summed E-state index contributed by atoms with van der Waals surface area (Å²) in [5, 5.41) is 3.68. The van der Waals surface area contributed by atoms with Crippen molar-refractivity contribution in [3.8, 4) is 0 Å². The number of aromatic nitrogens is 1. The highest BCUT2D eigenvalue weighted by Crippen LogP contribution is 2.26. The number of hydrogen-bond donors (Lipinski definition) is 1. The number of nitrogens with zero attached hydrogens (tertiary/aromatic N) is 1. The van der Waals surface area contributed by atoms with Gasteiger partial charge in [-0.1, -0.05) is 0 Å². The van der Waals surface area contributed by atoms with Gasteiger partial charge in [-0.3, -0.25) is 4.79 Å². The number of esters is 1. The van der Waals surface area contributed by atoms with E-state index in [-0.39, 0.29) is 5.91 Å². The summed E-state index contributed by atoms with van der Waals surface area (Å²) >= 11 is 0. The molecule has 1 aromatic carbocycles. The van der Waals surface area contributed by atoms with Crippen molar-refractivity contribution in [3.63, 3.8) is 0 Å². The first kappa shape index (κ1) is 18.0. The molecule has 0 saturated carbocycles. The summed E-state index contributed by atoms with van der Waals surface area (Å²) in [4.78, 5) is 23.8. The van der Waals surface area contributed by atoms with E-state index in [0.29, 0.717) is 12.2 Å². The number of methoxy groups -OCH3 is 2. The van der Waals surface area contributed by atoms with Gasteiger partial charge in [0.2, 0.25) is 0 Å². The summed E-state index contributed by atoms with van der Waals surface area (Å²) in [6, 6.07) is 4.87. The predicted molar refractivity (Wildman–Crippen MR) is 92.2 cm³/mol. The van der Waals surface area contributed by atoms with E-state index in [2.05, 4.69) is 21.5 Å². The van der Waals surface area contributed by atoms with E-state index < -0.39 is 12.0 Å². The molecule has 2 aromatic rings. The van der Waals surface area contributed by atoms with E-state index in [1.54, 1.807) is 20.1 Å². The average Bonchev–Trinajstić information content (AvgIpc) is 2.82. The smallest absolute Gasteiger partial charge is 0.328 e. The van der Waals surface area contributed by atoms with Crippen LogP contribution >= 0.6 is 0 Å². The predicted octanol–water partition coefficient (Wildman–Crippen LogP) is 2.20. The maximum Gasteiger partial charge on any atom is 0.328 e. The number of aryl methyl sites for hydroxylation is 1. The number of benzene rings is 1. The second-order valence-corrected chi connectivity index (χ2v) is 5.81. The number of carbonyl (C=O) groups is 2. The molecule has 1 atom stereocenters. The number of rotatable bonds is 6. The lowest BCUT2D eigenvalue weighted by atomic mass is 10.1. The van der Waals surface area contributed by atoms with Gasteiger partial charge in [-0.15, -0.1) is 0 Å². The standard InChI is InChI=1S/C18H24N2O4/c1-11-13(3)20(8-9-23-4)16-7-6-14(10-15(11)16)17(21)19-12(2)18(22)24-5/h6-7,10,12H,8-9H2,1-5H3,(H,19,21)/t12-/m0/s1. The van der Waals surface area contributed by atoms with Crippen LogP contribution in [0.1, 0.15) is 28.5 Å². The van der Waals surface area contributed by atoms with Gasteiger partial charge in [0.15, 0.2) is 0 Å². The maximum absolute atomic E-state index is 12.3. The molecule has 0 aliphatic carbocycles. The van der Waals surface area contributed by atoms with E-state index in [1.807, 2.05) is 19.1 Å². The normalized spacial score (nSPS) is 12.2. The monoisotopic (exact) mass is 332 g/mol. The molecule has 0 bridgehead atoms. The van der Waals surface area contributed by atoms with Crippen LogP contribution in [0.5, 0.6) is 0 Å². The summed E-state index contributed by atoms with van der Waals surface area (Å²) in [7, 11) is 2.98. The number of fused-ring (bicyclic) bond motifs is 1. The fourth-order valence-electron chi connectivity index (χ4n) is 2.78. The summed E-state index contributed by atoms with van der Waals surface area (Å²) < 4.78 is 12.0. The molecule has 0 unspecified atom stereocenters. The molecule has 0 aliphatic heterocycles. The Morgan fingerprint density at radius 2 is 1.96 bits per heavy atom. The van der Waals surface area contributed by atoms with Crippen LogP contribution in [0, 0.1) is 13.8 Å². The fraction of sp³-hybridized carbons (Fsp3) is 0.444. The van der Waals surface area contributed by atoms with Gasteiger partial charge in [-0.2, -0.15) is 0 Å². The van der Waals surface area contributed by atoms with Crippen LogP contribution in [0.3, 0.4) is 0 Å². The maximum atomic E-state index is 12.3. The topological polar surface area (TPSA) is 69.6 Å². The van der Waals surface area contributed by atoms with Crippen molar-refractivity contribution >= 4 is 22.8 Å². The van der Waals surface area contributed by atoms with Crippen LogP contribution < -0.4 is 5.32 Å². The lowest BCUT2D eigenvalue weighted by molar-refractivity contribution is -0.142. The number of amides is 1. The Labute approximate surface area is 141 Å². The van der Waals surface area contributed by atoms with Crippen LogP contribution in [-0.4, -0.2) is 43.3 Å². The molecule has 0 spiro atoms. The third kappa shape index (κ3) is 3.43. The zero-order valence-corrected chi connectivity index (χ0v) is 14.8. The van der Waals surface area contributed by atoms with Crippen molar-refractivity contribution in [2.75, 3.05) is 20.8 Å². The van der Waals surface area contributed by atoms with Crippen LogP contribution in [0.2, 0.25) is 0 Å². The van der Waals surface area contributed by atoms with E-state index in [1.165, 1.54) is 7.11 Å². The van der Waals surface area contributed by atoms with Gasteiger partial charge >= 0.3 is 5.97 Å². The van der Waals surface area contributed by atoms with Crippen molar-refractivity contribution in [2.24, 2.45) is 0 Å². The molecular weight excluding hydrogens is 308 g/mol. The Morgan fingerprint density at radius 3 is 2.58 bits per heavy atom. The Bertz CT molecular complexity index is 764. The highest BCUT2D eigenvalue weighted by molar-refractivity contribution is 6.00. The van der Waals surface area contributed by atoms with Crippen LogP contribution in [0.4, 0.5) is 0 Å². The van der Waals surface area contributed by atoms with Gasteiger partial charge in [0.25, 0.3) is 5.91 Å². The lowest BCUT2D eigenvalue weighted by Gasteiger charge is -2.12. The van der Waals surface area contributed by atoms with Crippen LogP contribution in [0.15, 0.2) is 18.2 Å². The van der Waals surface area contributed by atoms with Crippen LogP contribution in [-0.2, 0) is 20.8 Å². The molecule has 0 radical (unpaired) electrons. The minimum absolute atomic E-state index is 0.295. The summed E-state index contributed by atoms with van der Waals surface area (Å²) in [6.45, 7) is 7.09. The molecular formula is C18H24N2O4. The minimum Gasteiger partial charge on any atom is -0.467 e.